The van der Waals surface area contributed by atoms with Gasteiger partial charge in [-0.2, -0.15) is 5.10 Å². The highest BCUT2D eigenvalue weighted by Crippen LogP contribution is 2.40. The molecule has 3 aromatic heterocycles. The Labute approximate surface area is 184 Å². The molecule has 3 atom stereocenters. The summed E-state index contributed by atoms with van der Waals surface area (Å²) in [5.41, 5.74) is 10.9. The number of aromatic amines is 1. The van der Waals surface area contributed by atoms with E-state index in [-0.39, 0.29) is 12.6 Å². The number of hydrogen-bond donors (Lipinski definition) is 3. The van der Waals surface area contributed by atoms with Crippen LogP contribution in [0.4, 0.5) is 5.82 Å². The van der Waals surface area contributed by atoms with Crippen molar-refractivity contribution in [3.05, 3.63) is 35.2 Å². The van der Waals surface area contributed by atoms with Gasteiger partial charge in [-0.25, -0.2) is 9.97 Å². The number of aliphatic hydroxyl groups excluding tert-OH is 1. The summed E-state index contributed by atoms with van der Waals surface area (Å²) in [6, 6.07) is 5.06. The number of hydrogen-bond acceptors (Lipinski definition) is 6. The minimum absolute atomic E-state index is 0.130. The van der Waals surface area contributed by atoms with Crippen molar-refractivity contribution >= 4 is 39.5 Å². The number of aliphatic hydroxyl groups is 1. The summed E-state index contributed by atoms with van der Waals surface area (Å²) < 4.78 is 1.67. The van der Waals surface area contributed by atoms with E-state index in [9.17, 15) is 5.11 Å². The fraction of sp³-hybridized carbons (Fsp3) is 0.409. The highest BCUT2D eigenvalue weighted by atomic mass is 35.5. The molecule has 6 rings (SSSR count). The normalized spacial score (nSPS) is 23.4. The van der Waals surface area contributed by atoms with E-state index in [1.54, 1.807) is 11.7 Å². The van der Waals surface area contributed by atoms with Crippen molar-refractivity contribution in [3.63, 3.8) is 0 Å². The molecule has 4 aromatic rings. The molecule has 4 N–H and O–H groups in total. The van der Waals surface area contributed by atoms with Crippen LogP contribution in [-0.2, 0) is 13.7 Å². The van der Waals surface area contributed by atoms with Crippen molar-refractivity contribution in [2.45, 2.75) is 50.4 Å². The summed E-state index contributed by atoms with van der Waals surface area (Å²) in [6.45, 7) is -0.130. The third-order valence-corrected chi connectivity index (χ3v) is 7.29. The van der Waals surface area contributed by atoms with E-state index in [2.05, 4.69) is 15.0 Å². The van der Waals surface area contributed by atoms with Crippen molar-refractivity contribution in [2.75, 3.05) is 4.90 Å². The Morgan fingerprint density at radius 2 is 2.00 bits per heavy atom. The molecule has 2 aliphatic rings. The van der Waals surface area contributed by atoms with Gasteiger partial charge < -0.3 is 20.7 Å². The molecule has 160 valence electrons. The van der Waals surface area contributed by atoms with Gasteiger partial charge >= 0.3 is 0 Å². The summed E-state index contributed by atoms with van der Waals surface area (Å²) in [6.07, 6.45) is 8.14. The lowest BCUT2D eigenvalue weighted by Crippen LogP contribution is -2.47. The van der Waals surface area contributed by atoms with Gasteiger partial charge in [0.2, 0.25) is 0 Å². The number of nitrogens with zero attached hydrogens (tertiary/aromatic N) is 5. The van der Waals surface area contributed by atoms with Crippen LogP contribution in [0.15, 0.2) is 24.5 Å². The maximum atomic E-state index is 9.78. The Morgan fingerprint density at radius 3 is 2.74 bits per heavy atom. The van der Waals surface area contributed by atoms with Crippen molar-refractivity contribution in [1.82, 2.24) is 24.7 Å². The predicted octanol–water partition coefficient (Wildman–Crippen LogP) is 3.12. The predicted molar refractivity (Wildman–Crippen MR) is 121 cm³/mol. The molecule has 1 unspecified atom stereocenters. The molecule has 0 aliphatic carbocycles. The van der Waals surface area contributed by atoms with Gasteiger partial charge in [-0.15, -0.1) is 0 Å². The van der Waals surface area contributed by atoms with E-state index in [1.165, 1.54) is 12.8 Å². The number of anilines is 1. The van der Waals surface area contributed by atoms with Crippen LogP contribution in [0.3, 0.4) is 0 Å². The van der Waals surface area contributed by atoms with Crippen molar-refractivity contribution < 1.29 is 5.11 Å². The lowest BCUT2D eigenvalue weighted by atomic mass is 9.98. The monoisotopic (exact) mass is 437 g/mol. The second kappa shape index (κ2) is 6.91. The average Bonchev–Trinajstić information content (AvgIpc) is 3.39. The molecule has 31 heavy (non-hydrogen) atoms. The van der Waals surface area contributed by atoms with Gasteiger partial charge in [0.15, 0.2) is 5.65 Å². The first-order valence-corrected chi connectivity index (χ1v) is 11.1. The quantitative estimate of drug-likeness (QED) is 0.454. The molecular weight excluding hydrogens is 414 g/mol. The molecule has 0 saturated carbocycles. The fourth-order valence-corrected chi connectivity index (χ4v) is 5.88. The van der Waals surface area contributed by atoms with Gasteiger partial charge in [0.25, 0.3) is 0 Å². The molecule has 0 spiro atoms. The molecule has 0 radical (unpaired) electrons. The largest absolute Gasteiger partial charge is 0.390 e. The van der Waals surface area contributed by atoms with E-state index in [1.807, 2.05) is 24.5 Å². The van der Waals surface area contributed by atoms with Gasteiger partial charge in [0.1, 0.15) is 11.3 Å². The third-order valence-electron chi connectivity index (χ3n) is 6.90. The number of aryl methyl sites for hydroxylation is 1. The molecule has 9 heteroatoms. The van der Waals surface area contributed by atoms with Crippen LogP contribution in [-0.4, -0.2) is 48.0 Å². The first-order valence-electron chi connectivity index (χ1n) is 10.7. The molecule has 0 amide bonds. The number of benzene rings is 1. The topological polar surface area (TPSA) is 109 Å². The van der Waals surface area contributed by atoms with Gasteiger partial charge in [-0.05, 0) is 31.7 Å². The van der Waals surface area contributed by atoms with Gasteiger partial charge in [-0.1, -0.05) is 17.7 Å². The fourth-order valence-electron chi connectivity index (χ4n) is 5.51. The minimum Gasteiger partial charge on any atom is -0.390 e. The van der Waals surface area contributed by atoms with Crippen LogP contribution in [0.1, 0.15) is 31.4 Å². The first kappa shape index (κ1) is 19.0. The number of aromatic nitrogens is 5. The summed E-state index contributed by atoms with van der Waals surface area (Å²) in [5.74, 6) is 0.914. The van der Waals surface area contributed by atoms with Crippen molar-refractivity contribution in [3.8, 4) is 11.1 Å². The molecule has 5 heterocycles. The molecule has 2 fully saturated rings. The lowest BCUT2D eigenvalue weighted by Gasteiger charge is -2.38. The SMILES string of the molecule is Cn1nc2ccc(-c3c[nH]c4nc(N5[C@@H]6CC[C@H]5CC(N)C6)cnc34)c(Cl)c2c1CO. The van der Waals surface area contributed by atoms with Crippen LogP contribution in [0.25, 0.3) is 33.2 Å². The van der Waals surface area contributed by atoms with E-state index in [0.717, 1.165) is 51.9 Å². The van der Waals surface area contributed by atoms with Crippen LogP contribution in [0, 0.1) is 0 Å². The third kappa shape index (κ3) is 2.78. The molecule has 1 aromatic carbocycles. The maximum Gasteiger partial charge on any atom is 0.159 e. The highest BCUT2D eigenvalue weighted by molar-refractivity contribution is 6.38. The second-order valence-corrected chi connectivity index (χ2v) is 9.08. The molecule has 2 saturated heterocycles. The van der Waals surface area contributed by atoms with Gasteiger partial charge in [-0.3, -0.25) is 4.68 Å². The zero-order valence-electron chi connectivity index (χ0n) is 17.2. The Balaban J connectivity index is 1.44. The smallest absolute Gasteiger partial charge is 0.159 e. The number of rotatable bonds is 3. The van der Waals surface area contributed by atoms with Gasteiger partial charge in [0.05, 0.1) is 29.0 Å². The lowest BCUT2D eigenvalue weighted by molar-refractivity contribution is 0.272. The van der Waals surface area contributed by atoms with E-state index >= 15 is 0 Å². The minimum atomic E-state index is -0.130. The number of H-pyrrole nitrogens is 1. The Kier molecular flexibility index (Phi) is 4.25. The Hall–Kier alpha value is -2.68. The zero-order valence-corrected chi connectivity index (χ0v) is 18.0. The van der Waals surface area contributed by atoms with Crippen LogP contribution in [0.5, 0.6) is 0 Å². The second-order valence-electron chi connectivity index (χ2n) is 8.70. The average molecular weight is 438 g/mol. The molecule has 2 bridgehead atoms. The number of piperidine rings is 1. The summed E-state index contributed by atoms with van der Waals surface area (Å²) >= 11 is 6.80. The van der Waals surface area contributed by atoms with Crippen LogP contribution in [0.2, 0.25) is 5.02 Å². The molecular formula is C22H24ClN7O. The number of fused-ring (bicyclic) bond motifs is 4. The van der Waals surface area contributed by atoms with Crippen molar-refractivity contribution in [2.24, 2.45) is 12.8 Å². The number of nitrogens with one attached hydrogen (secondary N) is 1. The number of nitrogens with two attached hydrogens (primary N) is 1. The van der Waals surface area contributed by atoms with E-state index < -0.39 is 0 Å². The molecule has 8 nitrogen and oxygen atoms in total. The van der Waals surface area contributed by atoms with Crippen molar-refractivity contribution in [1.29, 1.82) is 0 Å². The van der Waals surface area contributed by atoms with Gasteiger partial charge in [0, 0.05) is 47.9 Å². The number of halogens is 1. The Bertz CT molecular complexity index is 1300. The summed E-state index contributed by atoms with van der Waals surface area (Å²) in [7, 11) is 1.81. The summed E-state index contributed by atoms with van der Waals surface area (Å²) in [5, 5.41) is 15.5. The maximum absolute atomic E-state index is 9.78. The zero-order chi connectivity index (χ0) is 21.3. The summed E-state index contributed by atoms with van der Waals surface area (Å²) in [4.78, 5) is 15.4. The van der Waals surface area contributed by atoms with E-state index in [4.69, 9.17) is 27.3 Å². The standard InChI is InChI=1S/C22H24ClN7O/c1-29-17(10-31)19-16(28-29)5-4-14(20(19)23)15-8-26-22-21(15)25-9-18(27-22)30-12-2-3-13(30)7-11(24)6-12/h4-5,8-9,11-13,31H,2-3,6-7,10,24H2,1H3,(H,26,27)/t11?,12-,13+. The first-order chi connectivity index (χ1) is 15.0. The molecule has 2 aliphatic heterocycles. The highest BCUT2D eigenvalue weighted by Gasteiger charge is 2.40. The Morgan fingerprint density at radius 1 is 1.23 bits per heavy atom. The van der Waals surface area contributed by atoms with Crippen LogP contribution < -0.4 is 10.6 Å². The van der Waals surface area contributed by atoms with E-state index in [0.29, 0.717) is 22.8 Å². The van der Waals surface area contributed by atoms with Crippen LogP contribution >= 0.6 is 11.6 Å².